The standard InChI is InChI=1S/C10H7ClO3/c1-13-10-6(5-12)4-8-7(9(10)11)2-3-14-8/h2-5H,1H3. The van der Waals surface area contributed by atoms with Crippen molar-refractivity contribution in [1.29, 1.82) is 0 Å². The van der Waals surface area contributed by atoms with Crippen LogP contribution in [0.25, 0.3) is 11.0 Å². The zero-order valence-corrected chi connectivity index (χ0v) is 8.17. The molecular formula is C10H7ClO3. The number of carbonyl (C=O) groups excluding carboxylic acids is 1. The molecule has 0 radical (unpaired) electrons. The van der Waals surface area contributed by atoms with E-state index in [-0.39, 0.29) is 0 Å². The molecule has 0 unspecified atom stereocenters. The number of fused-ring (bicyclic) bond motifs is 1. The van der Waals surface area contributed by atoms with Gasteiger partial charge in [0.15, 0.2) is 6.29 Å². The normalized spacial score (nSPS) is 10.4. The van der Waals surface area contributed by atoms with E-state index >= 15 is 0 Å². The van der Waals surface area contributed by atoms with Crippen LogP contribution in [0.2, 0.25) is 5.02 Å². The number of halogens is 1. The first-order chi connectivity index (χ1) is 6.77. The van der Waals surface area contributed by atoms with Gasteiger partial charge in [-0.1, -0.05) is 11.6 Å². The summed E-state index contributed by atoms with van der Waals surface area (Å²) in [5, 5.41) is 1.15. The van der Waals surface area contributed by atoms with Crippen molar-refractivity contribution in [3.05, 3.63) is 29.0 Å². The molecule has 0 aliphatic rings. The Balaban J connectivity index is 2.85. The Bertz CT molecular complexity index is 487. The summed E-state index contributed by atoms with van der Waals surface area (Å²) < 4.78 is 10.2. The molecule has 1 heterocycles. The van der Waals surface area contributed by atoms with Gasteiger partial charge in [-0.2, -0.15) is 0 Å². The SMILES string of the molecule is COc1c(C=O)cc2occc2c1Cl. The van der Waals surface area contributed by atoms with Crippen LogP contribution in [0.1, 0.15) is 10.4 Å². The number of rotatable bonds is 2. The molecule has 4 heteroatoms. The van der Waals surface area contributed by atoms with E-state index < -0.39 is 0 Å². The van der Waals surface area contributed by atoms with Crippen molar-refractivity contribution < 1.29 is 13.9 Å². The highest BCUT2D eigenvalue weighted by atomic mass is 35.5. The maximum Gasteiger partial charge on any atom is 0.153 e. The maximum atomic E-state index is 10.7. The number of carbonyl (C=O) groups is 1. The molecule has 3 nitrogen and oxygen atoms in total. The van der Waals surface area contributed by atoms with E-state index in [1.54, 1.807) is 12.1 Å². The zero-order chi connectivity index (χ0) is 10.1. The number of furan rings is 1. The molecule has 0 saturated carbocycles. The van der Waals surface area contributed by atoms with Crippen LogP contribution in [0.5, 0.6) is 5.75 Å². The first-order valence-corrected chi connectivity index (χ1v) is 4.34. The van der Waals surface area contributed by atoms with Gasteiger partial charge in [-0.15, -0.1) is 0 Å². The Morgan fingerprint density at radius 3 is 3.00 bits per heavy atom. The van der Waals surface area contributed by atoms with E-state index in [4.69, 9.17) is 20.8 Å². The van der Waals surface area contributed by atoms with Gasteiger partial charge in [-0.05, 0) is 12.1 Å². The highest BCUT2D eigenvalue weighted by molar-refractivity contribution is 6.37. The third-order valence-corrected chi connectivity index (χ3v) is 2.39. The number of hydrogen-bond acceptors (Lipinski definition) is 3. The predicted octanol–water partition coefficient (Wildman–Crippen LogP) is 2.91. The van der Waals surface area contributed by atoms with E-state index in [2.05, 4.69) is 0 Å². The summed E-state index contributed by atoms with van der Waals surface area (Å²) in [5.41, 5.74) is 0.970. The third kappa shape index (κ3) is 1.17. The quantitative estimate of drug-likeness (QED) is 0.716. The van der Waals surface area contributed by atoms with Crippen molar-refractivity contribution >= 4 is 28.9 Å². The second-order valence-electron chi connectivity index (χ2n) is 2.76. The van der Waals surface area contributed by atoms with Crippen LogP contribution >= 0.6 is 11.6 Å². The van der Waals surface area contributed by atoms with Crippen LogP contribution in [0.4, 0.5) is 0 Å². The Kier molecular flexibility index (Phi) is 2.17. The summed E-state index contributed by atoms with van der Waals surface area (Å²) in [5.74, 6) is 0.385. The van der Waals surface area contributed by atoms with Gasteiger partial charge in [-0.3, -0.25) is 4.79 Å². The second-order valence-corrected chi connectivity index (χ2v) is 3.14. The summed E-state index contributed by atoms with van der Waals surface area (Å²) in [6.45, 7) is 0. The van der Waals surface area contributed by atoms with Gasteiger partial charge in [0.1, 0.15) is 11.3 Å². The molecule has 0 saturated heterocycles. The van der Waals surface area contributed by atoms with Gasteiger partial charge in [0.25, 0.3) is 0 Å². The Morgan fingerprint density at radius 1 is 1.57 bits per heavy atom. The molecule has 0 atom stereocenters. The predicted molar refractivity (Wildman–Crippen MR) is 53.2 cm³/mol. The molecule has 0 amide bonds. The molecule has 14 heavy (non-hydrogen) atoms. The van der Waals surface area contributed by atoms with E-state index in [1.165, 1.54) is 13.4 Å². The van der Waals surface area contributed by atoms with Gasteiger partial charge < -0.3 is 9.15 Å². The summed E-state index contributed by atoms with van der Waals surface area (Å²) in [7, 11) is 1.47. The lowest BCUT2D eigenvalue weighted by atomic mass is 10.1. The van der Waals surface area contributed by atoms with Crippen molar-refractivity contribution in [2.45, 2.75) is 0 Å². The highest BCUT2D eigenvalue weighted by Crippen LogP contribution is 2.35. The first-order valence-electron chi connectivity index (χ1n) is 3.96. The minimum absolute atomic E-state index is 0.385. The van der Waals surface area contributed by atoms with Crippen molar-refractivity contribution in [1.82, 2.24) is 0 Å². The van der Waals surface area contributed by atoms with Crippen LogP contribution in [-0.2, 0) is 0 Å². The van der Waals surface area contributed by atoms with Crippen molar-refractivity contribution in [2.75, 3.05) is 7.11 Å². The molecule has 2 rings (SSSR count). The lowest BCUT2D eigenvalue weighted by Crippen LogP contribution is -1.91. The zero-order valence-electron chi connectivity index (χ0n) is 7.41. The Labute approximate surface area is 85.2 Å². The number of methoxy groups -OCH3 is 1. The fraction of sp³-hybridized carbons (Fsp3) is 0.100. The third-order valence-electron chi connectivity index (χ3n) is 2.01. The Morgan fingerprint density at radius 2 is 2.36 bits per heavy atom. The van der Waals surface area contributed by atoms with Crippen molar-refractivity contribution in [2.24, 2.45) is 0 Å². The van der Waals surface area contributed by atoms with Gasteiger partial charge >= 0.3 is 0 Å². The molecule has 0 N–H and O–H groups in total. The molecule has 2 aromatic rings. The van der Waals surface area contributed by atoms with E-state index in [9.17, 15) is 4.79 Å². The van der Waals surface area contributed by atoms with E-state index in [0.717, 1.165) is 5.39 Å². The molecule has 0 bridgehead atoms. The number of aldehydes is 1. The summed E-state index contributed by atoms with van der Waals surface area (Å²) in [6.07, 6.45) is 2.21. The van der Waals surface area contributed by atoms with Gasteiger partial charge in [-0.25, -0.2) is 0 Å². The molecule has 0 fully saturated rings. The average molecular weight is 211 g/mol. The number of benzene rings is 1. The van der Waals surface area contributed by atoms with Crippen LogP contribution < -0.4 is 4.74 Å². The van der Waals surface area contributed by atoms with Gasteiger partial charge in [0, 0.05) is 5.39 Å². The van der Waals surface area contributed by atoms with Crippen LogP contribution in [0.15, 0.2) is 22.8 Å². The number of ether oxygens (including phenoxy) is 1. The van der Waals surface area contributed by atoms with Crippen LogP contribution in [0.3, 0.4) is 0 Å². The molecular weight excluding hydrogens is 204 g/mol. The highest BCUT2D eigenvalue weighted by Gasteiger charge is 2.13. The molecule has 0 spiro atoms. The van der Waals surface area contributed by atoms with Crippen LogP contribution in [0, 0.1) is 0 Å². The van der Waals surface area contributed by atoms with Crippen LogP contribution in [-0.4, -0.2) is 13.4 Å². The van der Waals surface area contributed by atoms with Gasteiger partial charge in [0.05, 0.1) is 24.0 Å². The summed E-state index contributed by atoms with van der Waals surface area (Å²) in [4.78, 5) is 10.7. The molecule has 72 valence electrons. The average Bonchev–Trinajstić information content (AvgIpc) is 2.65. The fourth-order valence-corrected chi connectivity index (χ4v) is 1.71. The fourth-order valence-electron chi connectivity index (χ4n) is 1.36. The molecule has 0 aliphatic heterocycles. The lowest BCUT2D eigenvalue weighted by Gasteiger charge is -2.05. The lowest BCUT2D eigenvalue weighted by molar-refractivity contribution is 0.112. The second kappa shape index (κ2) is 3.35. The smallest absolute Gasteiger partial charge is 0.153 e. The van der Waals surface area contributed by atoms with Gasteiger partial charge in [0.2, 0.25) is 0 Å². The Hall–Kier alpha value is -1.48. The largest absolute Gasteiger partial charge is 0.494 e. The maximum absolute atomic E-state index is 10.7. The summed E-state index contributed by atoms with van der Waals surface area (Å²) in [6, 6.07) is 3.34. The van der Waals surface area contributed by atoms with Crippen molar-refractivity contribution in [3.63, 3.8) is 0 Å². The van der Waals surface area contributed by atoms with Crippen molar-refractivity contribution in [3.8, 4) is 5.75 Å². The minimum atomic E-state index is 0.385. The molecule has 1 aromatic carbocycles. The minimum Gasteiger partial charge on any atom is -0.494 e. The summed E-state index contributed by atoms with van der Waals surface area (Å²) >= 11 is 6.02. The molecule has 0 aliphatic carbocycles. The van der Waals surface area contributed by atoms with E-state index in [1.807, 2.05) is 0 Å². The van der Waals surface area contributed by atoms with E-state index in [0.29, 0.717) is 28.2 Å². The number of hydrogen-bond donors (Lipinski definition) is 0. The monoisotopic (exact) mass is 210 g/mol. The molecule has 1 aromatic heterocycles. The topological polar surface area (TPSA) is 39.4 Å². The first kappa shape index (κ1) is 9.09.